The third kappa shape index (κ3) is 4.19. The molecule has 0 saturated heterocycles. The van der Waals surface area contributed by atoms with Gasteiger partial charge in [-0.05, 0) is 18.2 Å². The van der Waals surface area contributed by atoms with E-state index in [1.54, 1.807) is 15.6 Å². The quantitative estimate of drug-likeness (QED) is 0.619. The molecular formula is C22H21FN8O3. The number of hydrogen-bond donors (Lipinski definition) is 1. The number of aromatic amines is 1. The molecule has 12 heteroatoms. The normalized spacial score (nSPS) is 15.2. The topological polar surface area (TPSA) is 133 Å². The van der Waals surface area contributed by atoms with Crippen LogP contribution < -0.4 is 0 Å². The fraction of sp³-hybridized carbons (Fsp3) is 0.364. The zero-order valence-corrected chi connectivity index (χ0v) is 18.2. The van der Waals surface area contributed by atoms with Crippen LogP contribution in [0.3, 0.4) is 0 Å². The number of nitrogens with one attached hydrogen (secondary N) is 1. The van der Waals surface area contributed by atoms with Crippen LogP contribution in [-0.4, -0.2) is 66.6 Å². The number of benzene rings is 1. The first-order valence-corrected chi connectivity index (χ1v) is 10.9. The molecule has 2 aromatic heterocycles. The van der Waals surface area contributed by atoms with Gasteiger partial charge in [0.25, 0.3) is 5.91 Å². The number of nitriles is 1. The highest BCUT2D eigenvalue weighted by atomic mass is 19.1. The van der Waals surface area contributed by atoms with E-state index >= 15 is 0 Å². The van der Waals surface area contributed by atoms with Crippen molar-refractivity contribution in [1.82, 2.24) is 35.0 Å². The Kier molecular flexibility index (Phi) is 5.67. The van der Waals surface area contributed by atoms with E-state index < -0.39 is 11.9 Å². The number of carbonyl (C=O) groups excluding carboxylic acids is 2. The lowest BCUT2D eigenvalue weighted by molar-refractivity contribution is 0.0723. The smallest absolute Gasteiger partial charge is 0.410 e. The predicted molar refractivity (Wildman–Crippen MR) is 114 cm³/mol. The van der Waals surface area contributed by atoms with Crippen LogP contribution in [0.4, 0.5) is 9.18 Å². The summed E-state index contributed by atoms with van der Waals surface area (Å²) in [6.07, 6.45) is 0.626. The largest absolute Gasteiger partial charge is 0.444 e. The lowest BCUT2D eigenvalue weighted by Gasteiger charge is -2.24. The number of ether oxygens (including phenoxy) is 1. The zero-order chi connectivity index (χ0) is 23.7. The summed E-state index contributed by atoms with van der Waals surface area (Å²) >= 11 is 0. The third-order valence-electron chi connectivity index (χ3n) is 6.06. The van der Waals surface area contributed by atoms with Crippen molar-refractivity contribution in [2.24, 2.45) is 0 Å². The molecule has 0 bridgehead atoms. The van der Waals surface area contributed by atoms with Crippen molar-refractivity contribution in [1.29, 1.82) is 5.26 Å². The predicted octanol–water partition coefficient (Wildman–Crippen LogP) is 1.41. The van der Waals surface area contributed by atoms with E-state index in [9.17, 15) is 14.0 Å². The molecule has 5 rings (SSSR count). The summed E-state index contributed by atoms with van der Waals surface area (Å²) in [6, 6.07) is 7.65. The van der Waals surface area contributed by atoms with E-state index in [4.69, 9.17) is 10.00 Å². The summed E-state index contributed by atoms with van der Waals surface area (Å²) in [5.74, 6) is -0.747. The monoisotopic (exact) mass is 464 g/mol. The maximum Gasteiger partial charge on any atom is 0.410 e. The van der Waals surface area contributed by atoms with Gasteiger partial charge in [-0.25, -0.2) is 9.18 Å². The number of rotatable bonds is 3. The van der Waals surface area contributed by atoms with Crippen LogP contribution in [0.5, 0.6) is 0 Å². The molecular weight excluding hydrogens is 443 g/mol. The van der Waals surface area contributed by atoms with Crippen LogP contribution in [0.1, 0.15) is 38.7 Å². The maximum absolute atomic E-state index is 14.0. The second kappa shape index (κ2) is 8.93. The van der Waals surface area contributed by atoms with E-state index in [-0.39, 0.29) is 23.6 Å². The van der Waals surface area contributed by atoms with E-state index in [1.807, 2.05) is 6.07 Å². The van der Waals surface area contributed by atoms with Crippen molar-refractivity contribution < 1.29 is 18.7 Å². The number of nitrogens with zero attached hydrogens (tertiary/aromatic N) is 7. The second-order valence-electron chi connectivity index (χ2n) is 8.17. The molecule has 1 N–H and O–H groups in total. The van der Waals surface area contributed by atoms with Gasteiger partial charge < -0.3 is 14.5 Å². The highest BCUT2D eigenvalue weighted by Crippen LogP contribution is 2.19. The van der Waals surface area contributed by atoms with Crippen LogP contribution in [0, 0.1) is 17.1 Å². The van der Waals surface area contributed by atoms with Crippen molar-refractivity contribution in [3.63, 3.8) is 0 Å². The summed E-state index contributed by atoms with van der Waals surface area (Å²) in [4.78, 5) is 28.7. The molecule has 0 saturated carbocycles. The molecule has 2 aliphatic heterocycles. The van der Waals surface area contributed by atoms with E-state index in [0.717, 1.165) is 23.1 Å². The number of H-pyrrole nitrogens is 1. The Morgan fingerprint density at radius 3 is 2.82 bits per heavy atom. The minimum absolute atomic E-state index is 0.157. The molecule has 0 unspecified atom stereocenters. The molecule has 0 aliphatic carbocycles. The first-order valence-electron chi connectivity index (χ1n) is 10.9. The van der Waals surface area contributed by atoms with Gasteiger partial charge >= 0.3 is 6.09 Å². The minimum Gasteiger partial charge on any atom is -0.444 e. The van der Waals surface area contributed by atoms with Crippen molar-refractivity contribution in [3.8, 4) is 6.07 Å². The highest BCUT2D eigenvalue weighted by Gasteiger charge is 2.28. The van der Waals surface area contributed by atoms with Gasteiger partial charge in [0.05, 0.1) is 30.4 Å². The summed E-state index contributed by atoms with van der Waals surface area (Å²) in [5, 5.41) is 24.0. The molecule has 34 heavy (non-hydrogen) atoms. The lowest BCUT2D eigenvalue weighted by atomic mass is 10.1. The molecule has 2 aliphatic rings. The second-order valence-corrected chi connectivity index (χ2v) is 8.17. The molecule has 0 radical (unpaired) electrons. The van der Waals surface area contributed by atoms with Crippen molar-refractivity contribution in [3.05, 3.63) is 64.0 Å². The minimum atomic E-state index is -0.589. The van der Waals surface area contributed by atoms with Gasteiger partial charge in [0.15, 0.2) is 5.69 Å². The number of amides is 2. The fourth-order valence-corrected chi connectivity index (χ4v) is 4.12. The first kappa shape index (κ1) is 21.6. The number of halogens is 1. The molecule has 2 amide bonds. The molecule has 0 fully saturated rings. The summed E-state index contributed by atoms with van der Waals surface area (Å²) in [6.45, 7) is 1.89. The summed E-state index contributed by atoms with van der Waals surface area (Å²) in [5.41, 5.74) is 3.36. The van der Waals surface area contributed by atoms with Crippen molar-refractivity contribution in [2.75, 3.05) is 19.6 Å². The zero-order valence-electron chi connectivity index (χ0n) is 18.2. The Hall–Kier alpha value is -4.27. The van der Waals surface area contributed by atoms with E-state index in [1.165, 1.54) is 17.0 Å². The van der Waals surface area contributed by atoms with Crippen molar-refractivity contribution in [2.45, 2.75) is 32.5 Å². The highest BCUT2D eigenvalue weighted by molar-refractivity contribution is 5.92. The van der Waals surface area contributed by atoms with Gasteiger partial charge in [0, 0.05) is 43.7 Å². The molecule has 1 aromatic carbocycles. The van der Waals surface area contributed by atoms with Gasteiger partial charge in [-0.2, -0.15) is 10.4 Å². The molecule has 0 spiro atoms. The third-order valence-corrected chi connectivity index (χ3v) is 6.06. The first-order chi connectivity index (χ1) is 16.5. The number of carbonyl (C=O) groups is 2. The standard InChI is InChI=1S/C22H21FN8O3/c23-17-9-14(11-24)1-2-15(17)13-34-22(33)29-5-3-16-10-19(27-31(16)8-7-29)21(32)30-6-4-18-20(12-30)26-28-25-18/h1-2,9-10H,3-8,12-13H2,(H,25,26,28). The maximum atomic E-state index is 14.0. The Morgan fingerprint density at radius 1 is 1.15 bits per heavy atom. The Labute approximate surface area is 193 Å². The fourth-order valence-electron chi connectivity index (χ4n) is 4.12. The Morgan fingerprint density at radius 2 is 2.00 bits per heavy atom. The van der Waals surface area contributed by atoms with E-state index in [2.05, 4.69) is 20.5 Å². The average Bonchev–Trinajstić information content (AvgIpc) is 3.44. The Balaban J connectivity index is 1.18. The van der Waals surface area contributed by atoms with Crippen LogP contribution in [-0.2, 0) is 37.3 Å². The van der Waals surface area contributed by atoms with Crippen molar-refractivity contribution >= 4 is 12.0 Å². The summed E-state index contributed by atoms with van der Waals surface area (Å²) in [7, 11) is 0. The molecule has 174 valence electrons. The van der Waals surface area contributed by atoms with E-state index in [0.29, 0.717) is 51.3 Å². The molecule has 3 aromatic rings. The van der Waals surface area contributed by atoms with Gasteiger partial charge in [-0.15, -0.1) is 5.10 Å². The molecule has 4 heterocycles. The lowest BCUT2D eigenvalue weighted by Crippen LogP contribution is -2.36. The van der Waals surface area contributed by atoms with Crippen LogP contribution >= 0.6 is 0 Å². The SMILES string of the molecule is N#Cc1ccc(COC(=O)N2CCc3cc(C(=O)N4CCc5[nH]nnc5C4)nn3CC2)c(F)c1. The summed E-state index contributed by atoms with van der Waals surface area (Å²) < 4.78 is 21.0. The Bertz CT molecular complexity index is 1270. The van der Waals surface area contributed by atoms with Gasteiger partial charge in [-0.3, -0.25) is 14.6 Å². The van der Waals surface area contributed by atoms with Crippen LogP contribution in [0.2, 0.25) is 0 Å². The molecule has 11 nitrogen and oxygen atoms in total. The number of hydrogen-bond acceptors (Lipinski definition) is 7. The molecule has 0 atom stereocenters. The van der Waals surface area contributed by atoms with Gasteiger partial charge in [-0.1, -0.05) is 11.3 Å². The average molecular weight is 464 g/mol. The van der Waals surface area contributed by atoms with Gasteiger partial charge in [0.2, 0.25) is 0 Å². The van der Waals surface area contributed by atoms with Gasteiger partial charge in [0.1, 0.15) is 18.1 Å². The number of fused-ring (bicyclic) bond motifs is 2. The van der Waals surface area contributed by atoms with Crippen LogP contribution in [0.15, 0.2) is 24.3 Å². The number of aromatic nitrogens is 5. The van der Waals surface area contributed by atoms with Crippen LogP contribution in [0.25, 0.3) is 0 Å².